The van der Waals surface area contributed by atoms with Gasteiger partial charge in [-0.15, -0.1) is 0 Å². The number of aliphatic hydroxyl groups is 2. The number of carboxylic acids is 1. The van der Waals surface area contributed by atoms with Gasteiger partial charge in [0, 0.05) is 6.54 Å². The summed E-state index contributed by atoms with van der Waals surface area (Å²) in [5, 5.41) is 32.1. The second-order valence-electron chi connectivity index (χ2n) is 6.40. The van der Waals surface area contributed by atoms with E-state index in [1.54, 1.807) is 0 Å². The number of aliphatic hydroxyl groups excluding tert-OH is 2. The van der Waals surface area contributed by atoms with E-state index in [0.717, 1.165) is 0 Å². The molecule has 0 aliphatic carbocycles. The number of nitrogens with two attached hydrogens (primary N) is 1. The number of thioether (sulfide) groups is 1. The van der Waals surface area contributed by atoms with Crippen LogP contribution in [0.1, 0.15) is 19.3 Å². The van der Waals surface area contributed by atoms with Gasteiger partial charge in [-0.05, 0) is 31.3 Å². The molecule has 1 heterocycles. The van der Waals surface area contributed by atoms with E-state index in [1.165, 1.54) is 16.7 Å². The fraction of sp³-hybridized carbons (Fsp3) is 0.750. The molecule has 0 aromatic carbocycles. The summed E-state index contributed by atoms with van der Waals surface area (Å²) in [7, 11) is 0. The number of aliphatic carboxylic acids is 1. The van der Waals surface area contributed by atoms with Crippen molar-refractivity contribution in [2.45, 2.75) is 43.4 Å². The van der Waals surface area contributed by atoms with E-state index >= 15 is 0 Å². The van der Waals surface area contributed by atoms with Gasteiger partial charge in [0.2, 0.25) is 17.7 Å². The van der Waals surface area contributed by atoms with Crippen molar-refractivity contribution in [2.24, 2.45) is 5.73 Å². The Hall–Kier alpha value is -1.89. The molecule has 28 heavy (non-hydrogen) atoms. The first kappa shape index (κ1) is 24.1. The van der Waals surface area contributed by atoms with Crippen LogP contribution in [-0.4, -0.2) is 99.8 Å². The fourth-order valence-corrected chi connectivity index (χ4v) is 3.29. The van der Waals surface area contributed by atoms with Crippen molar-refractivity contribution in [3.8, 4) is 0 Å². The molecule has 0 spiro atoms. The van der Waals surface area contributed by atoms with Gasteiger partial charge in [0.25, 0.3) is 0 Å². The van der Waals surface area contributed by atoms with E-state index < -0.39 is 61.1 Å². The third-order valence-electron chi connectivity index (χ3n) is 4.40. The Balaban J connectivity index is 2.76. The van der Waals surface area contributed by atoms with E-state index in [0.29, 0.717) is 25.0 Å². The minimum atomic E-state index is -1.48. The summed E-state index contributed by atoms with van der Waals surface area (Å²) >= 11 is 1.52. The Morgan fingerprint density at radius 3 is 2.36 bits per heavy atom. The number of carbonyl (C=O) groups excluding carboxylic acids is 3. The number of carbonyl (C=O) groups is 4. The molecular weight excluding hydrogens is 392 g/mol. The molecule has 0 aromatic heterocycles. The first-order valence-electron chi connectivity index (χ1n) is 8.87. The molecule has 11 nitrogen and oxygen atoms in total. The minimum Gasteiger partial charge on any atom is -0.480 e. The molecule has 1 aliphatic heterocycles. The SMILES string of the molecule is CSCCC(N)C(=O)NC(CO)C(=O)N1CCCC1C(=O)NC(CO)C(=O)O. The van der Waals surface area contributed by atoms with Crippen molar-refractivity contribution >= 4 is 35.5 Å². The lowest BCUT2D eigenvalue weighted by Crippen LogP contribution is -2.58. The first-order valence-corrected chi connectivity index (χ1v) is 10.3. The number of hydrogen-bond donors (Lipinski definition) is 6. The Morgan fingerprint density at radius 2 is 1.82 bits per heavy atom. The normalized spacial score (nSPS) is 19.6. The monoisotopic (exact) mass is 420 g/mol. The molecule has 0 aromatic rings. The molecule has 12 heteroatoms. The molecule has 0 radical (unpaired) electrons. The predicted octanol–water partition coefficient (Wildman–Crippen LogP) is -2.90. The summed E-state index contributed by atoms with van der Waals surface area (Å²) in [5.41, 5.74) is 5.76. The van der Waals surface area contributed by atoms with E-state index in [4.69, 9.17) is 15.9 Å². The molecule has 0 saturated carbocycles. The number of nitrogens with one attached hydrogen (secondary N) is 2. The van der Waals surface area contributed by atoms with Gasteiger partial charge in [-0.25, -0.2) is 4.79 Å². The van der Waals surface area contributed by atoms with Gasteiger partial charge >= 0.3 is 5.97 Å². The number of likely N-dealkylation sites (tertiary alicyclic amines) is 1. The molecule has 1 aliphatic rings. The van der Waals surface area contributed by atoms with Gasteiger partial charge < -0.3 is 36.6 Å². The molecule has 160 valence electrons. The van der Waals surface area contributed by atoms with Gasteiger partial charge in [-0.3, -0.25) is 14.4 Å². The Kier molecular flexibility index (Phi) is 10.2. The standard InChI is InChI=1S/C16H28N4O7S/c1-28-6-4-9(17)13(23)18-10(7-21)15(25)20-5-2-3-12(20)14(24)19-11(8-22)16(26)27/h9-12,21-22H,2-8,17H2,1H3,(H,18,23)(H,19,24)(H,26,27). The number of amides is 3. The van der Waals surface area contributed by atoms with Crippen LogP contribution in [0.4, 0.5) is 0 Å². The fourth-order valence-electron chi connectivity index (χ4n) is 2.80. The maximum atomic E-state index is 12.7. The molecule has 7 N–H and O–H groups in total. The second kappa shape index (κ2) is 11.8. The summed E-state index contributed by atoms with van der Waals surface area (Å²) < 4.78 is 0. The number of rotatable bonds is 11. The van der Waals surface area contributed by atoms with Crippen LogP contribution in [0, 0.1) is 0 Å². The van der Waals surface area contributed by atoms with Gasteiger partial charge in [0.1, 0.15) is 18.1 Å². The second-order valence-corrected chi connectivity index (χ2v) is 7.39. The minimum absolute atomic E-state index is 0.221. The zero-order valence-corrected chi connectivity index (χ0v) is 16.5. The van der Waals surface area contributed by atoms with Gasteiger partial charge in [0.05, 0.1) is 19.3 Å². The highest BCUT2D eigenvalue weighted by Gasteiger charge is 2.38. The van der Waals surface area contributed by atoms with Crippen LogP contribution < -0.4 is 16.4 Å². The molecule has 4 atom stereocenters. The maximum Gasteiger partial charge on any atom is 0.328 e. The van der Waals surface area contributed by atoms with Crippen molar-refractivity contribution in [2.75, 3.05) is 31.8 Å². The Labute approximate surface area is 167 Å². The quantitative estimate of drug-likeness (QED) is 0.204. The molecular formula is C16H28N4O7S. The molecule has 1 saturated heterocycles. The molecule has 4 unspecified atom stereocenters. The summed E-state index contributed by atoms with van der Waals surface area (Å²) in [5.74, 6) is -2.68. The molecule has 3 amide bonds. The number of carboxylic acid groups (broad SMARTS) is 1. The van der Waals surface area contributed by atoms with Crippen LogP contribution in [0.25, 0.3) is 0 Å². The zero-order chi connectivity index (χ0) is 21.3. The van der Waals surface area contributed by atoms with Crippen LogP contribution >= 0.6 is 11.8 Å². The largest absolute Gasteiger partial charge is 0.480 e. The highest BCUT2D eigenvalue weighted by Crippen LogP contribution is 2.19. The maximum absolute atomic E-state index is 12.7. The summed E-state index contributed by atoms with van der Waals surface area (Å²) in [6.07, 6.45) is 3.08. The molecule has 0 bridgehead atoms. The number of hydrogen-bond acceptors (Lipinski definition) is 8. The summed E-state index contributed by atoms with van der Waals surface area (Å²) in [6, 6.07) is -4.51. The van der Waals surface area contributed by atoms with Gasteiger partial charge in [0.15, 0.2) is 0 Å². The van der Waals surface area contributed by atoms with Crippen molar-refractivity contribution < 1.29 is 34.5 Å². The van der Waals surface area contributed by atoms with Crippen molar-refractivity contribution in [1.82, 2.24) is 15.5 Å². The van der Waals surface area contributed by atoms with Crippen LogP contribution in [-0.2, 0) is 19.2 Å². The van der Waals surface area contributed by atoms with Crippen molar-refractivity contribution in [1.29, 1.82) is 0 Å². The van der Waals surface area contributed by atoms with Crippen molar-refractivity contribution in [3.63, 3.8) is 0 Å². The topological polar surface area (TPSA) is 182 Å². The third-order valence-corrected chi connectivity index (χ3v) is 5.05. The summed E-state index contributed by atoms with van der Waals surface area (Å²) in [6.45, 7) is -1.23. The Bertz CT molecular complexity index is 577. The highest BCUT2D eigenvalue weighted by molar-refractivity contribution is 7.98. The van der Waals surface area contributed by atoms with E-state index in [9.17, 15) is 24.3 Å². The van der Waals surface area contributed by atoms with E-state index in [-0.39, 0.29) is 6.54 Å². The average molecular weight is 420 g/mol. The lowest BCUT2D eigenvalue weighted by molar-refractivity contribution is -0.146. The molecule has 1 rings (SSSR count). The van der Waals surface area contributed by atoms with Crippen molar-refractivity contribution in [3.05, 3.63) is 0 Å². The van der Waals surface area contributed by atoms with Crippen LogP contribution in [0.3, 0.4) is 0 Å². The summed E-state index contributed by atoms with van der Waals surface area (Å²) in [4.78, 5) is 49.3. The van der Waals surface area contributed by atoms with E-state index in [2.05, 4.69) is 10.6 Å². The zero-order valence-electron chi connectivity index (χ0n) is 15.7. The lowest BCUT2D eigenvalue weighted by Gasteiger charge is -2.29. The number of nitrogens with zero attached hydrogens (tertiary/aromatic N) is 1. The third kappa shape index (κ3) is 6.62. The van der Waals surface area contributed by atoms with Crippen LogP contribution in [0.15, 0.2) is 0 Å². The van der Waals surface area contributed by atoms with Crippen LogP contribution in [0.5, 0.6) is 0 Å². The van der Waals surface area contributed by atoms with E-state index in [1.807, 2.05) is 6.26 Å². The lowest BCUT2D eigenvalue weighted by atomic mass is 10.1. The smallest absolute Gasteiger partial charge is 0.328 e. The Morgan fingerprint density at radius 1 is 1.18 bits per heavy atom. The average Bonchev–Trinajstić information content (AvgIpc) is 3.16. The van der Waals surface area contributed by atoms with Crippen LogP contribution in [0.2, 0.25) is 0 Å². The van der Waals surface area contributed by atoms with Gasteiger partial charge in [-0.1, -0.05) is 0 Å². The molecule has 1 fully saturated rings. The first-order chi connectivity index (χ1) is 13.3. The predicted molar refractivity (Wildman–Crippen MR) is 101 cm³/mol. The van der Waals surface area contributed by atoms with Gasteiger partial charge in [-0.2, -0.15) is 11.8 Å². The highest BCUT2D eigenvalue weighted by atomic mass is 32.2.